The number of esters is 1. The van der Waals surface area contributed by atoms with Gasteiger partial charge in [0.2, 0.25) is 0 Å². The number of benzene rings is 3. The summed E-state index contributed by atoms with van der Waals surface area (Å²) >= 11 is 1.54. The number of hydrogen-bond acceptors (Lipinski definition) is 7. The summed E-state index contributed by atoms with van der Waals surface area (Å²) in [4.78, 5) is 29.5. The maximum atomic E-state index is 14.2. The van der Waals surface area contributed by atoms with Crippen molar-refractivity contribution in [3.63, 3.8) is 0 Å². The summed E-state index contributed by atoms with van der Waals surface area (Å²) in [7, 11) is 0. The molecule has 0 spiro atoms. The molecule has 3 aromatic carbocycles. The van der Waals surface area contributed by atoms with Gasteiger partial charge in [0, 0.05) is 39.1 Å². The number of nitrogens with zero attached hydrogens (tertiary/aromatic N) is 1. The largest absolute Gasteiger partial charge is 0.492 e. The van der Waals surface area contributed by atoms with E-state index in [0.29, 0.717) is 29.9 Å². The first-order valence-corrected chi connectivity index (χ1v) is 17.4. The highest BCUT2D eigenvalue weighted by Crippen LogP contribution is 2.42. The minimum absolute atomic E-state index is 0.0480. The van der Waals surface area contributed by atoms with Crippen LogP contribution in [0, 0.1) is 0 Å². The van der Waals surface area contributed by atoms with Gasteiger partial charge in [-0.15, -0.1) is 11.3 Å². The van der Waals surface area contributed by atoms with Crippen LogP contribution in [-0.2, 0) is 4.79 Å². The van der Waals surface area contributed by atoms with Crippen molar-refractivity contribution in [2.45, 2.75) is 77.2 Å². The molecular weight excluding hydrogens is 582 g/mol. The molecule has 0 amide bonds. The SMILES string of the molecule is CCC(=O)Oc1ccc2c(C(=O)c3ccc(OCCN4CCCCC4)cc3)c(-c3ccc(OC4CCCCCC4)cc3)sc2c1. The molecule has 236 valence electrons. The third-order valence-electron chi connectivity index (χ3n) is 8.87. The van der Waals surface area contributed by atoms with E-state index in [4.69, 9.17) is 14.2 Å². The molecule has 2 heterocycles. The van der Waals surface area contributed by atoms with Crippen molar-refractivity contribution < 1.29 is 23.8 Å². The minimum atomic E-state index is -0.287. The number of likely N-dealkylation sites (tertiary alicyclic amines) is 1. The van der Waals surface area contributed by atoms with Gasteiger partial charge in [0.15, 0.2) is 5.78 Å². The average Bonchev–Trinajstić information content (AvgIpc) is 3.25. The first-order chi connectivity index (χ1) is 22.1. The van der Waals surface area contributed by atoms with Crippen LogP contribution >= 0.6 is 11.3 Å². The number of carbonyl (C=O) groups excluding carboxylic acids is 2. The van der Waals surface area contributed by atoms with E-state index in [1.165, 1.54) is 56.3 Å². The van der Waals surface area contributed by atoms with E-state index in [1.54, 1.807) is 13.0 Å². The van der Waals surface area contributed by atoms with Crippen molar-refractivity contribution in [2.24, 2.45) is 0 Å². The normalized spacial score (nSPS) is 16.3. The van der Waals surface area contributed by atoms with Crippen molar-refractivity contribution >= 4 is 33.2 Å². The molecule has 1 saturated heterocycles. The fourth-order valence-electron chi connectivity index (χ4n) is 6.33. The Kier molecular flexibility index (Phi) is 10.5. The van der Waals surface area contributed by atoms with Crippen LogP contribution in [0.4, 0.5) is 0 Å². The molecule has 2 fully saturated rings. The fourth-order valence-corrected chi connectivity index (χ4v) is 7.57. The number of thiophene rings is 1. The van der Waals surface area contributed by atoms with Crippen molar-refractivity contribution in [3.05, 3.63) is 77.9 Å². The Morgan fingerprint density at radius 1 is 0.800 bits per heavy atom. The molecule has 0 radical (unpaired) electrons. The molecule has 0 atom stereocenters. The molecule has 4 aromatic rings. The van der Waals surface area contributed by atoms with E-state index >= 15 is 0 Å². The van der Waals surface area contributed by atoms with Crippen LogP contribution in [0.3, 0.4) is 0 Å². The molecule has 1 aliphatic heterocycles. The predicted molar refractivity (Wildman–Crippen MR) is 181 cm³/mol. The van der Waals surface area contributed by atoms with Gasteiger partial charge in [-0.05, 0) is 124 Å². The molecule has 2 aliphatic rings. The van der Waals surface area contributed by atoms with Crippen LogP contribution in [0.15, 0.2) is 66.7 Å². The minimum Gasteiger partial charge on any atom is -0.492 e. The molecule has 1 saturated carbocycles. The Bertz CT molecular complexity index is 1580. The lowest BCUT2D eigenvalue weighted by atomic mass is 9.97. The molecule has 1 aromatic heterocycles. The summed E-state index contributed by atoms with van der Waals surface area (Å²) in [5.74, 6) is 1.78. The van der Waals surface area contributed by atoms with Gasteiger partial charge in [0.05, 0.1) is 6.10 Å². The summed E-state index contributed by atoms with van der Waals surface area (Å²) in [6, 6.07) is 21.1. The number of ketones is 1. The molecule has 0 bridgehead atoms. The van der Waals surface area contributed by atoms with E-state index in [2.05, 4.69) is 4.90 Å². The number of piperidine rings is 1. The highest BCUT2D eigenvalue weighted by Gasteiger charge is 2.23. The lowest BCUT2D eigenvalue weighted by molar-refractivity contribution is -0.134. The van der Waals surface area contributed by atoms with E-state index in [9.17, 15) is 9.59 Å². The second kappa shape index (κ2) is 15.1. The Morgan fingerprint density at radius 2 is 1.47 bits per heavy atom. The summed E-state index contributed by atoms with van der Waals surface area (Å²) in [5, 5.41) is 0.844. The third kappa shape index (κ3) is 7.95. The number of carbonyl (C=O) groups is 2. The van der Waals surface area contributed by atoms with E-state index in [-0.39, 0.29) is 17.9 Å². The van der Waals surface area contributed by atoms with Gasteiger partial charge in [-0.25, -0.2) is 0 Å². The summed E-state index contributed by atoms with van der Waals surface area (Å²) in [6.45, 7) is 5.62. The van der Waals surface area contributed by atoms with Gasteiger partial charge in [-0.3, -0.25) is 14.5 Å². The van der Waals surface area contributed by atoms with E-state index in [0.717, 1.165) is 64.5 Å². The Hall–Kier alpha value is -3.68. The van der Waals surface area contributed by atoms with Gasteiger partial charge < -0.3 is 14.2 Å². The molecule has 0 N–H and O–H groups in total. The monoisotopic (exact) mass is 625 g/mol. The molecule has 6 nitrogen and oxygen atoms in total. The first kappa shape index (κ1) is 31.3. The fraction of sp³-hybridized carbons (Fsp3) is 0.421. The van der Waals surface area contributed by atoms with Gasteiger partial charge in [-0.2, -0.15) is 0 Å². The van der Waals surface area contributed by atoms with Crippen molar-refractivity contribution in [1.82, 2.24) is 4.90 Å². The van der Waals surface area contributed by atoms with Crippen molar-refractivity contribution in [3.8, 4) is 27.7 Å². The Labute approximate surface area is 270 Å². The van der Waals surface area contributed by atoms with Gasteiger partial charge in [-0.1, -0.05) is 26.2 Å². The van der Waals surface area contributed by atoms with Gasteiger partial charge in [0.1, 0.15) is 23.9 Å². The first-order valence-electron chi connectivity index (χ1n) is 16.6. The highest BCUT2D eigenvalue weighted by atomic mass is 32.1. The summed E-state index contributed by atoms with van der Waals surface area (Å²) in [6.07, 6.45) is 11.6. The summed E-state index contributed by atoms with van der Waals surface area (Å²) in [5.41, 5.74) is 2.21. The third-order valence-corrected chi connectivity index (χ3v) is 10.1. The summed E-state index contributed by atoms with van der Waals surface area (Å²) < 4.78 is 18.8. The lowest BCUT2D eigenvalue weighted by Crippen LogP contribution is -2.33. The molecule has 6 rings (SSSR count). The van der Waals surface area contributed by atoms with E-state index < -0.39 is 0 Å². The predicted octanol–water partition coefficient (Wildman–Crippen LogP) is 9.08. The zero-order valence-electron chi connectivity index (χ0n) is 26.2. The highest BCUT2D eigenvalue weighted by molar-refractivity contribution is 7.22. The lowest BCUT2D eigenvalue weighted by Gasteiger charge is -2.26. The van der Waals surface area contributed by atoms with Crippen molar-refractivity contribution in [2.75, 3.05) is 26.2 Å². The molecule has 7 heteroatoms. The van der Waals surface area contributed by atoms with Crippen LogP contribution in [-0.4, -0.2) is 49.0 Å². The zero-order chi connectivity index (χ0) is 31.0. The number of rotatable bonds is 11. The topological polar surface area (TPSA) is 65.1 Å². The van der Waals surface area contributed by atoms with Crippen LogP contribution < -0.4 is 14.2 Å². The second-order valence-electron chi connectivity index (χ2n) is 12.2. The van der Waals surface area contributed by atoms with Gasteiger partial charge >= 0.3 is 5.97 Å². The maximum Gasteiger partial charge on any atom is 0.310 e. The zero-order valence-corrected chi connectivity index (χ0v) is 27.0. The maximum absolute atomic E-state index is 14.2. The average molecular weight is 626 g/mol. The second-order valence-corrected chi connectivity index (χ2v) is 13.2. The number of hydrogen-bond donors (Lipinski definition) is 0. The molecule has 1 aliphatic carbocycles. The van der Waals surface area contributed by atoms with Crippen LogP contribution in [0.1, 0.15) is 87.1 Å². The smallest absolute Gasteiger partial charge is 0.310 e. The molecular formula is C38H43NO5S. The van der Waals surface area contributed by atoms with Crippen LogP contribution in [0.2, 0.25) is 0 Å². The van der Waals surface area contributed by atoms with E-state index in [1.807, 2.05) is 60.7 Å². The van der Waals surface area contributed by atoms with Crippen molar-refractivity contribution in [1.29, 1.82) is 0 Å². The number of ether oxygens (including phenoxy) is 3. The van der Waals surface area contributed by atoms with Crippen LogP contribution in [0.25, 0.3) is 20.5 Å². The Balaban J connectivity index is 1.24. The molecule has 45 heavy (non-hydrogen) atoms. The quantitative estimate of drug-likeness (QED) is 0.0717. The van der Waals surface area contributed by atoms with Crippen LogP contribution in [0.5, 0.6) is 17.2 Å². The standard InChI is InChI=1S/C38H43NO5S/c1-2-35(40)44-32-20-21-33-34(26-32)45-38(28-14-18-31(19-15-28)43-30-10-6-3-4-7-11-30)36(33)37(41)27-12-16-29(17-13-27)42-25-24-39-22-8-5-9-23-39/h12-21,26,30H,2-11,22-25H2,1H3. The number of fused-ring (bicyclic) bond motifs is 1. The van der Waals surface area contributed by atoms with Gasteiger partial charge in [0.25, 0.3) is 0 Å². The molecule has 0 unspecified atom stereocenters. The Morgan fingerprint density at radius 3 is 2.18 bits per heavy atom.